The molecule has 0 bridgehead atoms. The number of rotatable bonds is 5. The van der Waals surface area contributed by atoms with Gasteiger partial charge in [0.25, 0.3) is 0 Å². The van der Waals surface area contributed by atoms with E-state index < -0.39 is 0 Å². The van der Waals surface area contributed by atoms with Crippen molar-refractivity contribution >= 4 is 40.5 Å². The van der Waals surface area contributed by atoms with Gasteiger partial charge in [-0.3, -0.25) is 4.79 Å². The summed E-state index contributed by atoms with van der Waals surface area (Å²) in [5.41, 5.74) is 3.25. The number of carbonyl (C=O) groups excluding carboxylic acids is 1. The maximum absolute atomic E-state index is 11.5. The van der Waals surface area contributed by atoms with Gasteiger partial charge >= 0.3 is 0 Å². The first-order valence-corrected chi connectivity index (χ1v) is 8.13. The van der Waals surface area contributed by atoms with Gasteiger partial charge in [-0.15, -0.1) is 0 Å². The second-order valence-corrected chi connectivity index (χ2v) is 6.02. The molecular weight excluding hydrogens is 336 g/mol. The summed E-state index contributed by atoms with van der Waals surface area (Å²) in [6, 6.07) is 14.7. The van der Waals surface area contributed by atoms with E-state index >= 15 is 0 Å². The third-order valence-corrected chi connectivity index (χ3v) is 4.03. The van der Waals surface area contributed by atoms with Crippen molar-refractivity contribution in [1.29, 1.82) is 0 Å². The number of aryl methyl sites for hydroxylation is 1. The first-order valence-electron chi connectivity index (χ1n) is 7.75. The Morgan fingerprint density at radius 2 is 1.84 bits per heavy atom. The number of hydrogen-bond donors (Lipinski definition) is 2. The van der Waals surface area contributed by atoms with Gasteiger partial charge in [0.1, 0.15) is 5.82 Å². The minimum Gasteiger partial charge on any atom is -0.340 e. The molecule has 0 atom stereocenters. The zero-order valence-electron chi connectivity index (χ0n) is 13.9. The standard InChI is InChI=1S/C19H17ClN4O/c1-12-6-7-16(11-17(12)20)23-19-21-9-8-18(24-19)22-15-5-3-4-14(10-15)13(2)25/h3-11H,1-2H3,(H2,21,22,23,24). The zero-order valence-corrected chi connectivity index (χ0v) is 14.6. The fourth-order valence-electron chi connectivity index (χ4n) is 2.25. The SMILES string of the molecule is CC(=O)c1cccc(Nc2ccnc(Nc3ccc(C)c(Cl)c3)n2)c1. The minimum absolute atomic E-state index is 0.0185. The van der Waals surface area contributed by atoms with Crippen LogP contribution in [0.4, 0.5) is 23.1 Å². The van der Waals surface area contributed by atoms with Gasteiger partial charge < -0.3 is 10.6 Å². The summed E-state index contributed by atoms with van der Waals surface area (Å²) in [7, 11) is 0. The van der Waals surface area contributed by atoms with Crippen molar-refractivity contribution in [3.05, 3.63) is 70.9 Å². The largest absolute Gasteiger partial charge is 0.340 e. The topological polar surface area (TPSA) is 66.9 Å². The molecule has 5 nitrogen and oxygen atoms in total. The van der Waals surface area contributed by atoms with Crippen molar-refractivity contribution in [1.82, 2.24) is 9.97 Å². The van der Waals surface area contributed by atoms with Crippen LogP contribution in [0.25, 0.3) is 0 Å². The van der Waals surface area contributed by atoms with Crippen LogP contribution in [0.5, 0.6) is 0 Å². The lowest BCUT2D eigenvalue weighted by Gasteiger charge is -2.10. The van der Waals surface area contributed by atoms with Gasteiger partial charge in [-0.1, -0.05) is 29.8 Å². The van der Waals surface area contributed by atoms with Gasteiger partial charge in [0.05, 0.1) is 0 Å². The van der Waals surface area contributed by atoms with E-state index in [9.17, 15) is 4.79 Å². The van der Waals surface area contributed by atoms with Crippen LogP contribution < -0.4 is 10.6 Å². The number of ketones is 1. The summed E-state index contributed by atoms with van der Waals surface area (Å²) < 4.78 is 0. The molecule has 3 aromatic rings. The molecule has 0 unspecified atom stereocenters. The molecule has 0 aliphatic carbocycles. The van der Waals surface area contributed by atoms with Crippen LogP contribution in [0.1, 0.15) is 22.8 Å². The van der Waals surface area contributed by atoms with Crippen molar-refractivity contribution in [2.45, 2.75) is 13.8 Å². The van der Waals surface area contributed by atoms with E-state index in [0.717, 1.165) is 16.9 Å². The van der Waals surface area contributed by atoms with Crippen LogP contribution >= 0.6 is 11.6 Å². The molecule has 0 saturated carbocycles. The monoisotopic (exact) mass is 352 g/mol. The second kappa shape index (κ2) is 7.32. The highest BCUT2D eigenvalue weighted by molar-refractivity contribution is 6.31. The molecule has 3 rings (SSSR count). The van der Waals surface area contributed by atoms with Gasteiger partial charge in [0.15, 0.2) is 5.78 Å². The number of hydrogen-bond acceptors (Lipinski definition) is 5. The number of halogens is 1. The summed E-state index contributed by atoms with van der Waals surface area (Å²) in [5.74, 6) is 1.09. The average molecular weight is 353 g/mol. The fraction of sp³-hybridized carbons (Fsp3) is 0.105. The summed E-state index contributed by atoms with van der Waals surface area (Å²) in [5, 5.41) is 6.98. The van der Waals surface area contributed by atoms with Crippen molar-refractivity contribution < 1.29 is 4.79 Å². The quantitative estimate of drug-likeness (QED) is 0.623. The van der Waals surface area contributed by atoms with Crippen molar-refractivity contribution in [3.8, 4) is 0 Å². The first kappa shape index (κ1) is 16.9. The van der Waals surface area contributed by atoms with Crippen LogP contribution in [0, 0.1) is 6.92 Å². The molecule has 0 spiro atoms. The fourth-order valence-corrected chi connectivity index (χ4v) is 2.43. The maximum Gasteiger partial charge on any atom is 0.229 e. The summed E-state index contributed by atoms with van der Waals surface area (Å²) >= 11 is 6.14. The molecule has 1 aromatic heterocycles. The highest BCUT2D eigenvalue weighted by atomic mass is 35.5. The Kier molecular flexibility index (Phi) is 4.95. The number of anilines is 4. The van der Waals surface area contributed by atoms with Gasteiger partial charge in [0.2, 0.25) is 5.95 Å². The van der Waals surface area contributed by atoms with Gasteiger partial charge in [-0.25, -0.2) is 4.98 Å². The number of carbonyl (C=O) groups is 1. The zero-order chi connectivity index (χ0) is 17.8. The number of nitrogens with one attached hydrogen (secondary N) is 2. The first-order chi connectivity index (χ1) is 12.0. The van der Waals surface area contributed by atoms with Crippen LogP contribution in [-0.2, 0) is 0 Å². The molecule has 6 heteroatoms. The number of nitrogens with zero attached hydrogens (tertiary/aromatic N) is 2. The van der Waals surface area contributed by atoms with E-state index in [1.165, 1.54) is 0 Å². The lowest BCUT2D eigenvalue weighted by molar-refractivity contribution is 0.101. The lowest BCUT2D eigenvalue weighted by Crippen LogP contribution is -2.01. The molecule has 0 radical (unpaired) electrons. The van der Waals surface area contributed by atoms with E-state index in [1.807, 2.05) is 37.3 Å². The highest BCUT2D eigenvalue weighted by Gasteiger charge is 2.04. The Hall–Kier alpha value is -2.92. The third kappa shape index (κ3) is 4.33. The van der Waals surface area contributed by atoms with Crippen LogP contribution in [0.15, 0.2) is 54.7 Å². The third-order valence-electron chi connectivity index (χ3n) is 3.63. The molecule has 0 aliphatic heterocycles. The predicted molar refractivity (Wildman–Crippen MR) is 101 cm³/mol. The maximum atomic E-state index is 11.5. The van der Waals surface area contributed by atoms with E-state index in [4.69, 9.17) is 11.6 Å². The molecule has 2 aromatic carbocycles. The Labute approximate surface area is 151 Å². The smallest absolute Gasteiger partial charge is 0.229 e. The Balaban J connectivity index is 1.78. The van der Waals surface area contributed by atoms with E-state index in [1.54, 1.807) is 31.3 Å². The molecule has 0 aliphatic rings. The molecule has 25 heavy (non-hydrogen) atoms. The molecular formula is C19H17ClN4O. The van der Waals surface area contributed by atoms with Crippen molar-refractivity contribution in [3.63, 3.8) is 0 Å². The van der Waals surface area contributed by atoms with Crippen LogP contribution in [-0.4, -0.2) is 15.8 Å². The Morgan fingerprint density at radius 3 is 2.60 bits per heavy atom. The van der Waals surface area contributed by atoms with Crippen molar-refractivity contribution in [2.75, 3.05) is 10.6 Å². The predicted octanol–water partition coefficient (Wildman–Crippen LogP) is 5.13. The van der Waals surface area contributed by atoms with Crippen LogP contribution in [0.3, 0.4) is 0 Å². The number of aromatic nitrogens is 2. The summed E-state index contributed by atoms with van der Waals surface area (Å²) in [6.07, 6.45) is 1.66. The van der Waals surface area contributed by atoms with Crippen molar-refractivity contribution in [2.24, 2.45) is 0 Å². The summed E-state index contributed by atoms with van der Waals surface area (Å²) in [4.78, 5) is 20.1. The Morgan fingerprint density at radius 1 is 1.04 bits per heavy atom. The highest BCUT2D eigenvalue weighted by Crippen LogP contribution is 2.23. The van der Waals surface area contributed by atoms with E-state index in [2.05, 4.69) is 20.6 Å². The number of Topliss-reactive ketones (excluding diaryl/α,β-unsaturated/α-hetero) is 1. The van der Waals surface area contributed by atoms with Gasteiger partial charge in [-0.2, -0.15) is 4.98 Å². The van der Waals surface area contributed by atoms with Crippen LogP contribution in [0.2, 0.25) is 5.02 Å². The molecule has 0 amide bonds. The number of benzene rings is 2. The molecule has 126 valence electrons. The molecule has 0 fully saturated rings. The van der Waals surface area contributed by atoms with E-state index in [0.29, 0.717) is 22.4 Å². The van der Waals surface area contributed by atoms with Gasteiger partial charge in [0, 0.05) is 28.2 Å². The normalized spacial score (nSPS) is 10.4. The van der Waals surface area contributed by atoms with Gasteiger partial charge in [-0.05, 0) is 49.7 Å². The molecule has 1 heterocycles. The van der Waals surface area contributed by atoms with E-state index in [-0.39, 0.29) is 5.78 Å². The molecule has 2 N–H and O–H groups in total. The second-order valence-electron chi connectivity index (χ2n) is 5.62. The molecule has 0 saturated heterocycles. The lowest BCUT2D eigenvalue weighted by atomic mass is 10.1. The minimum atomic E-state index is 0.0185. The Bertz CT molecular complexity index is 927. The average Bonchev–Trinajstić information content (AvgIpc) is 2.59. The summed E-state index contributed by atoms with van der Waals surface area (Å²) in [6.45, 7) is 3.49.